The minimum Gasteiger partial charge on any atom is -0.248 e. The first kappa shape index (κ1) is 18.9. The van der Waals surface area contributed by atoms with Gasteiger partial charge in [-0.15, -0.1) is 5.10 Å². The van der Waals surface area contributed by atoms with Crippen molar-refractivity contribution >= 4 is 18.4 Å². The van der Waals surface area contributed by atoms with Crippen LogP contribution in [0.15, 0.2) is 35.4 Å². The van der Waals surface area contributed by atoms with Crippen molar-refractivity contribution in [3.05, 3.63) is 69.3 Å². The summed E-state index contributed by atoms with van der Waals surface area (Å²) in [5, 5.41) is 20.5. The molecular weight excluding hydrogens is 391 g/mol. The van der Waals surface area contributed by atoms with E-state index in [0.717, 1.165) is 34.0 Å². The third-order valence-corrected chi connectivity index (χ3v) is 4.82. The molecule has 0 saturated heterocycles. The van der Waals surface area contributed by atoms with Crippen LogP contribution in [0.5, 0.6) is 0 Å². The first-order chi connectivity index (χ1) is 13.8. The van der Waals surface area contributed by atoms with Crippen LogP contribution in [0.4, 0.5) is 4.39 Å². The molecule has 0 spiro atoms. The molecule has 10 heteroatoms. The van der Waals surface area contributed by atoms with Gasteiger partial charge >= 0.3 is 0 Å². The molecule has 0 amide bonds. The molecule has 29 heavy (non-hydrogen) atoms. The third kappa shape index (κ3) is 3.42. The van der Waals surface area contributed by atoms with E-state index in [1.165, 1.54) is 16.8 Å². The van der Waals surface area contributed by atoms with Gasteiger partial charge in [-0.2, -0.15) is 20.0 Å². The predicted molar refractivity (Wildman–Crippen MR) is 110 cm³/mol. The smallest absolute Gasteiger partial charge is 0.248 e. The quantitative estimate of drug-likeness (QED) is 0.412. The van der Waals surface area contributed by atoms with Crippen LogP contribution in [0.3, 0.4) is 0 Å². The molecule has 4 aromatic rings. The first-order valence-electron chi connectivity index (χ1n) is 8.92. The summed E-state index contributed by atoms with van der Waals surface area (Å²) in [6, 6.07) is 8.13. The number of nitrogens with one attached hydrogen (secondary N) is 1. The van der Waals surface area contributed by atoms with Crippen molar-refractivity contribution < 1.29 is 4.39 Å². The van der Waals surface area contributed by atoms with Gasteiger partial charge in [0, 0.05) is 11.3 Å². The molecule has 0 atom stereocenters. The van der Waals surface area contributed by atoms with Gasteiger partial charge < -0.3 is 0 Å². The molecule has 8 nitrogen and oxygen atoms in total. The van der Waals surface area contributed by atoms with Gasteiger partial charge in [-0.25, -0.2) is 18.9 Å². The zero-order valence-corrected chi connectivity index (χ0v) is 17.2. The average Bonchev–Trinajstić information content (AvgIpc) is 3.30. The summed E-state index contributed by atoms with van der Waals surface area (Å²) in [5.74, 6) is 0.182. The Labute approximate surface area is 171 Å². The van der Waals surface area contributed by atoms with Gasteiger partial charge in [0.1, 0.15) is 5.82 Å². The molecule has 1 aromatic carbocycles. The maximum absolute atomic E-state index is 13.2. The summed E-state index contributed by atoms with van der Waals surface area (Å²) in [7, 11) is 0. The van der Waals surface area contributed by atoms with Crippen molar-refractivity contribution in [3.8, 4) is 11.6 Å². The largest absolute Gasteiger partial charge is 0.271 e. The average molecular weight is 410 g/mol. The number of aromatic nitrogens is 7. The second-order valence-electron chi connectivity index (χ2n) is 6.70. The van der Waals surface area contributed by atoms with Crippen molar-refractivity contribution in [3.63, 3.8) is 0 Å². The van der Waals surface area contributed by atoms with Crippen molar-refractivity contribution in [1.82, 2.24) is 34.4 Å². The molecule has 4 rings (SSSR count). The Balaban J connectivity index is 1.75. The molecular formula is C19H19FN8S. The number of hydrogen-bond donors (Lipinski definition) is 1. The van der Waals surface area contributed by atoms with E-state index >= 15 is 0 Å². The summed E-state index contributed by atoms with van der Waals surface area (Å²) in [4.78, 5) is 0. The molecule has 0 fully saturated rings. The number of benzene rings is 1. The molecule has 0 aliphatic heterocycles. The highest BCUT2D eigenvalue weighted by molar-refractivity contribution is 7.71. The van der Waals surface area contributed by atoms with Crippen LogP contribution in [0.1, 0.15) is 28.3 Å². The van der Waals surface area contributed by atoms with Gasteiger partial charge in [0.2, 0.25) is 4.77 Å². The van der Waals surface area contributed by atoms with Crippen LogP contribution < -0.4 is 0 Å². The maximum Gasteiger partial charge on any atom is 0.271 e. The van der Waals surface area contributed by atoms with Gasteiger partial charge in [0.15, 0.2) is 0 Å². The Hall–Kier alpha value is -3.40. The highest BCUT2D eigenvalue weighted by Crippen LogP contribution is 2.17. The fourth-order valence-corrected chi connectivity index (χ4v) is 3.32. The van der Waals surface area contributed by atoms with E-state index in [-0.39, 0.29) is 5.82 Å². The van der Waals surface area contributed by atoms with E-state index in [2.05, 4.69) is 25.5 Å². The molecule has 0 aliphatic rings. The molecule has 0 bridgehead atoms. The monoisotopic (exact) mass is 410 g/mol. The van der Waals surface area contributed by atoms with E-state index in [4.69, 9.17) is 12.2 Å². The number of halogens is 1. The van der Waals surface area contributed by atoms with Gasteiger partial charge in [-0.1, -0.05) is 0 Å². The van der Waals surface area contributed by atoms with Crippen molar-refractivity contribution in [1.29, 1.82) is 0 Å². The van der Waals surface area contributed by atoms with Crippen molar-refractivity contribution in [2.75, 3.05) is 0 Å². The fourth-order valence-electron chi connectivity index (χ4n) is 3.15. The van der Waals surface area contributed by atoms with Gasteiger partial charge in [-0.3, -0.25) is 0 Å². The van der Waals surface area contributed by atoms with E-state index in [9.17, 15) is 4.39 Å². The number of aromatic amines is 1. The van der Waals surface area contributed by atoms with E-state index in [1.807, 2.05) is 33.8 Å². The molecule has 0 radical (unpaired) electrons. The Morgan fingerprint density at radius 1 is 1.07 bits per heavy atom. The lowest BCUT2D eigenvalue weighted by atomic mass is 10.2. The highest BCUT2D eigenvalue weighted by Gasteiger charge is 2.14. The van der Waals surface area contributed by atoms with E-state index in [1.54, 1.807) is 27.7 Å². The van der Waals surface area contributed by atoms with Crippen molar-refractivity contribution in [2.45, 2.75) is 27.7 Å². The van der Waals surface area contributed by atoms with Crippen LogP contribution in [0.2, 0.25) is 0 Å². The van der Waals surface area contributed by atoms with E-state index < -0.39 is 0 Å². The molecule has 148 valence electrons. The third-order valence-electron chi connectivity index (χ3n) is 4.55. The summed E-state index contributed by atoms with van der Waals surface area (Å²) in [5.41, 5.74) is 5.08. The minimum absolute atomic E-state index is 0.289. The number of rotatable bonds is 4. The number of nitrogens with zero attached hydrogens (tertiary/aromatic N) is 7. The number of H-pyrrole nitrogens is 1. The highest BCUT2D eigenvalue weighted by atomic mass is 32.1. The Bertz CT molecular complexity index is 1270. The minimum atomic E-state index is -0.289. The molecule has 3 aromatic heterocycles. The van der Waals surface area contributed by atoms with Gasteiger partial charge in [0.25, 0.3) is 5.95 Å². The maximum atomic E-state index is 13.2. The first-order valence-corrected chi connectivity index (χ1v) is 9.33. The van der Waals surface area contributed by atoms with Crippen molar-refractivity contribution in [2.24, 2.45) is 5.10 Å². The number of hydrogen-bond acceptors (Lipinski definition) is 5. The zero-order valence-electron chi connectivity index (χ0n) is 16.4. The topological polar surface area (TPSA) is 81.6 Å². The molecule has 0 unspecified atom stereocenters. The summed E-state index contributed by atoms with van der Waals surface area (Å²) < 4.78 is 18.5. The van der Waals surface area contributed by atoms with Gasteiger partial charge in [0.05, 0.1) is 29.0 Å². The van der Waals surface area contributed by atoms with Crippen LogP contribution in [-0.2, 0) is 0 Å². The van der Waals surface area contributed by atoms with Crippen LogP contribution in [0.25, 0.3) is 11.6 Å². The predicted octanol–water partition coefficient (Wildman–Crippen LogP) is 3.57. The second kappa shape index (κ2) is 7.21. The Morgan fingerprint density at radius 3 is 2.45 bits per heavy atom. The Kier molecular flexibility index (Phi) is 4.71. The lowest BCUT2D eigenvalue weighted by Crippen LogP contribution is -2.07. The standard InChI is InChI=1S/C19H19FN8S/c1-11-9-12(2)26(24-11)18-22-23-19(29)28(18)21-10-17-13(3)25-27(14(17)4)16-7-5-15(20)6-8-16/h5-10H,1-4H3,(H,23,29)/b21-10-. The lowest BCUT2D eigenvalue weighted by molar-refractivity contribution is 0.627. The van der Waals surface area contributed by atoms with E-state index in [0.29, 0.717) is 10.7 Å². The molecule has 0 aliphatic carbocycles. The molecule has 1 N–H and O–H groups in total. The second-order valence-corrected chi connectivity index (χ2v) is 7.08. The fraction of sp³-hybridized carbons (Fsp3) is 0.211. The summed E-state index contributed by atoms with van der Waals surface area (Å²) in [6.45, 7) is 7.67. The van der Waals surface area contributed by atoms with Crippen LogP contribution in [-0.4, -0.2) is 40.6 Å². The zero-order chi connectivity index (χ0) is 20.7. The summed E-state index contributed by atoms with van der Waals surface area (Å²) in [6.07, 6.45) is 1.69. The lowest BCUT2D eigenvalue weighted by Gasteiger charge is -2.04. The van der Waals surface area contributed by atoms with Crippen LogP contribution >= 0.6 is 12.2 Å². The van der Waals surface area contributed by atoms with Gasteiger partial charge in [-0.05, 0) is 70.2 Å². The molecule has 0 saturated carbocycles. The SMILES string of the molecule is Cc1cc(C)n(-c2n[nH]c(=S)n2/N=C\c2c(C)nn(-c3ccc(F)cc3)c2C)n1. The number of aryl methyl sites for hydroxylation is 3. The van der Waals surface area contributed by atoms with Crippen LogP contribution in [0, 0.1) is 38.3 Å². The normalized spacial score (nSPS) is 11.6. The Morgan fingerprint density at radius 2 is 1.79 bits per heavy atom. The summed E-state index contributed by atoms with van der Waals surface area (Å²) >= 11 is 5.33. The molecule has 3 heterocycles.